The topological polar surface area (TPSA) is 115 Å². The molecule has 1 aromatic rings. The molecule has 3 N–H and O–H groups in total. The molecule has 0 bridgehead atoms. The van der Waals surface area contributed by atoms with Gasteiger partial charge in [0, 0.05) is 12.1 Å². The minimum atomic E-state index is -4.32. The van der Waals surface area contributed by atoms with E-state index >= 15 is 0 Å². The van der Waals surface area contributed by atoms with E-state index in [0.29, 0.717) is 0 Å². The van der Waals surface area contributed by atoms with Gasteiger partial charge in [-0.25, -0.2) is 21.9 Å². The van der Waals surface area contributed by atoms with Crippen molar-refractivity contribution < 1.29 is 22.1 Å². The van der Waals surface area contributed by atoms with Gasteiger partial charge in [0.25, 0.3) is 11.6 Å². The van der Waals surface area contributed by atoms with Crippen molar-refractivity contribution in [2.45, 2.75) is 10.8 Å². The number of alkyl halides is 2. The van der Waals surface area contributed by atoms with Gasteiger partial charge in [0.15, 0.2) is 0 Å². The van der Waals surface area contributed by atoms with Crippen LogP contribution in [0.2, 0.25) is 5.02 Å². The largest absolute Gasteiger partial charge is 0.325 e. The first-order valence-corrected chi connectivity index (χ1v) is 6.97. The highest BCUT2D eigenvalue weighted by Gasteiger charge is 2.30. The molecule has 0 heterocycles. The second kappa shape index (κ2) is 7.27. The van der Waals surface area contributed by atoms with E-state index in [1.807, 2.05) is 0 Å². The number of nitro benzene ring substituents is 1. The molecule has 7 nitrogen and oxygen atoms in total. The summed E-state index contributed by atoms with van der Waals surface area (Å²) < 4.78 is 50.9. The summed E-state index contributed by atoms with van der Waals surface area (Å²) in [5.74, 6) is -3.40. The van der Waals surface area contributed by atoms with E-state index in [2.05, 4.69) is 0 Å². The number of halogens is 4. The molecule has 0 atom stereocenters. The number of hydrogen-bond donors (Lipinski definition) is 2. The lowest BCUT2D eigenvalue weighted by Crippen LogP contribution is -2.41. The first kappa shape index (κ1) is 19.9. The highest BCUT2D eigenvalue weighted by Crippen LogP contribution is 2.26. The van der Waals surface area contributed by atoms with Crippen molar-refractivity contribution in [3.05, 3.63) is 33.3 Å². The van der Waals surface area contributed by atoms with Gasteiger partial charge in [-0.05, 0) is 6.07 Å². The van der Waals surface area contributed by atoms with Crippen LogP contribution >= 0.6 is 24.0 Å². The fourth-order valence-electron chi connectivity index (χ4n) is 1.17. The van der Waals surface area contributed by atoms with E-state index in [9.17, 15) is 27.3 Å². The molecule has 1 rings (SSSR count). The van der Waals surface area contributed by atoms with Gasteiger partial charge < -0.3 is 5.73 Å². The predicted molar refractivity (Wildman–Crippen MR) is 74.5 cm³/mol. The number of non-ortho nitro benzene ring substituents is 1. The third-order valence-electron chi connectivity index (χ3n) is 2.24. The van der Waals surface area contributed by atoms with Crippen LogP contribution in [0.1, 0.15) is 0 Å². The van der Waals surface area contributed by atoms with Gasteiger partial charge in [-0.1, -0.05) is 11.6 Å². The molecule has 1 aromatic carbocycles. The van der Waals surface area contributed by atoms with E-state index in [1.54, 1.807) is 4.72 Å². The molecule has 0 amide bonds. The van der Waals surface area contributed by atoms with Crippen LogP contribution in [0.4, 0.5) is 14.5 Å². The van der Waals surface area contributed by atoms with Gasteiger partial charge in [-0.2, -0.15) is 0 Å². The third kappa shape index (κ3) is 5.32. The van der Waals surface area contributed by atoms with Crippen molar-refractivity contribution >= 4 is 39.7 Å². The fraction of sp³-hybridized carbons (Fsp3) is 0.333. The predicted octanol–water partition coefficient (Wildman–Crippen LogP) is 1.54. The molecule has 21 heavy (non-hydrogen) atoms. The minimum absolute atomic E-state index is 0. The van der Waals surface area contributed by atoms with Crippen LogP contribution in [0.15, 0.2) is 23.1 Å². The first-order chi connectivity index (χ1) is 9.09. The molecule has 0 saturated heterocycles. The number of benzene rings is 1. The van der Waals surface area contributed by atoms with Crippen LogP contribution in [-0.2, 0) is 10.0 Å². The Morgan fingerprint density at radius 1 is 1.43 bits per heavy atom. The van der Waals surface area contributed by atoms with Crippen molar-refractivity contribution in [1.82, 2.24) is 4.72 Å². The van der Waals surface area contributed by atoms with Crippen molar-refractivity contribution in [2.75, 3.05) is 13.1 Å². The SMILES string of the molecule is Cl.NCC(F)(F)CNS(=O)(=O)c1ccc([N+](=O)[O-])cc1Cl. The summed E-state index contributed by atoms with van der Waals surface area (Å²) in [4.78, 5) is 9.18. The standard InChI is InChI=1S/C9H10ClF2N3O4S.ClH/c10-7-3-6(15(16)17)1-2-8(7)20(18,19)14-5-9(11,12)4-13;/h1-3,14H,4-5,13H2;1H. The van der Waals surface area contributed by atoms with E-state index in [4.69, 9.17) is 17.3 Å². The summed E-state index contributed by atoms with van der Waals surface area (Å²) in [6.45, 7) is -2.22. The number of nitro groups is 1. The molecule has 0 fully saturated rings. The normalized spacial score (nSPS) is 11.8. The van der Waals surface area contributed by atoms with Gasteiger partial charge in [-0.15, -0.1) is 12.4 Å². The number of hydrogen-bond acceptors (Lipinski definition) is 5. The van der Waals surface area contributed by atoms with Gasteiger partial charge in [0.05, 0.1) is 23.0 Å². The molecule has 12 heteroatoms. The van der Waals surface area contributed by atoms with E-state index in [-0.39, 0.29) is 12.4 Å². The van der Waals surface area contributed by atoms with Crippen LogP contribution in [0.3, 0.4) is 0 Å². The average molecular weight is 366 g/mol. The molecule has 0 aromatic heterocycles. The number of nitrogens with zero attached hydrogens (tertiary/aromatic N) is 1. The van der Waals surface area contributed by atoms with Gasteiger partial charge >= 0.3 is 0 Å². The minimum Gasteiger partial charge on any atom is -0.325 e. The zero-order chi connectivity index (χ0) is 15.6. The number of rotatable bonds is 6. The van der Waals surface area contributed by atoms with E-state index < -0.39 is 49.6 Å². The molecule has 0 aliphatic carbocycles. The van der Waals surface area contributed by atoms with Gasteiger partial charge in [-0.3, -0.25) is 10.1 Å². The highest BCUT2D eigenvalue weighted by molar-refractivity contribution is 7.89. The summed E-state index contributed by atoms with van der Waals surface area (Å²) in [5, 5.41) is 10.0. The zero-order valence-electron chi connectivity index (χ0n) is 10.3. The Morgan fingerprint density at radius 2 is 2.00 bits per heavy atom. The second-order valence-corrected chi connectivity index (χ2v) is 5.90. The van der Waals surface area contributed by atoms with Crippen molar-refractivity contribution in [3.8, 4) is 0 Å². The lowest BCUT2D eigenvalue weighted by atomic mass is 10.3. The van der Waals surface area contributed by atoms with Gasteiger partial charge in [0.1, 0.15) is 4.90 Å². The maximum absolute atomic E-state index is 12.9. The number of sulfonamides is 1. The third-order valence-corrected chi connectivity index (χ3v) is 4.12. The molecule has 0 radical (unpaired) electrons. The first-order valence-electron chi connectivity index (χ1n) is 5.10. The molecule has 0 spiro atoms. The summed E-state index contributed by atoms with van der Waals surface area (Å²) in [7, 11) is -4.32. The Balaban J connectivity index is 0.00000400. The highest BCUT2D eigenvalue weighted by atomic mass is 35.5. The molecule has 120 valence electrons. The fourth-order valence-corrected chi connectivity index (χ4v) is 2.77. The average Bonchev–Trinajstić information content (AvgIpc) is 2.36. The number of nitrogens with one attached hydrogen (secondary N) is 1. The molecular formula is C9H11Cl2F2N3O4S. The van der Waals surface area contributed by atoms with Crippen LogP contribution in [0.5, 0.6) is 0 Å². The smallest absolute Gasteiger partial charge is 0.273 e. The summed E-state index contributed by atoms with van der Waals surface area (Å²) in [6.07, 6.45) is 0. The molecule has 0 saturated carbocycles. The molecular weight excluding hydrogens is 355 g/mol. The van der Waals surface area contributed by atoms with Crippen molar-refractivity contribution in [2.24, 2.45) is 5.73 Å². The lowest BCUT2D eigenvalue weighted by Gasteiger charge is -2.15. The Hall–Kier alpha value is -1.07. The Labute approximate surface area is 130 Å². The monoisotopic (exact) mass is 365 g/mol. The summed E-state index contributed by atoms with van der Waals surface area (Å²) in [6, 6.07) is 2.59. The van der Waals surface area contributed by atoms with Crippen LogP contribution in [0, 0.1) is 10.1 Å². The molecule has 0 unspecified atom stereocenters. The Kier molecular flexibility index (Phi) is 6.90. The Bertz CT molecular complexity index is 627. The van der Waals surface area contributed by atoms with Crippen LogP contribution in [0.25, 0.3) is 0 Å². The summed E-state index contributed by atoms with van der Waals surface area (Å²) >= 11 is 5.61. The van der Waals surface area contributed by atoms with E-state index in [1.165, 1.54) is 0 Å². The second-order valence-electron chi connectivity index (χ2n) is 3.76. The maximum atomic E-state index is 12.9. The molecule has 0 aliphatic heterocycles. The molecule has 0 aliphatic rings. The number of nitrogens with two attached hydrogens (primary N) is 1. The van der Waals surface area contributed by atoms with Crippen molar-refractivity contribution in [3.63, 3.8) is 0 Å². The zero-order valence-corrected chi connectivity index (χ0v) is 12.6. The van der Waals surface area contributed by atoms with Crippen LogP contribution < -0.4 is 10.5 Å². The maximum Gasteiger partial charge on any atom is 0.273 e. The van der Waals surface area contributed by atoms with Crippen LogP contribution in [-0.4, -0.2) is 32.4 Å². The van der Waals surface area contributed by atoms with Gasteiger partial charge in [0.2, 0.25) is 10.0 Å². The quantitative estimate of drug-likeness (QED) is 0.585. The lowest BCUT2D eigenvalue weighted by molar-refractivity contribution is -0.384. The van der Waals surface area contributed by atoms with Crippen molar-refractivity contribution in [1.29, 1.82) is 0 Å². The van der Waals surface area contributed by atoms with E-state index in [0.717, 1.165) is 18.2 Å². The Morgan fingerprint density at radius 3 is 2.43 bits per heavy atom. The summed E-state index contributed by atoms with van der Waals surface area (Å²) in [5.41, 5.74) is 4.36.